The van der Waals surface area contributed by atoms with E-state index in [1.165, 1.54) is 18.2 Å². The van der Waals surface area contributed by atoms with E-state index in [0.29, 0.717) is 17.6 Å². The molecule has 0 atom stereocenters. The van der Waals surface area contributed by atoms with Crippen molar-refractivity contribution in [1.29, 1.82) is 5.26 Å². The summed E-state index contributed by atoms with van der Waals surface area (Å²) in [7, 11) is 0. The number of nitrogens with zero attached hydrogens (tertiary/aromatic N) is 2. The average molecular weight is 266 g/mol. The normalized spacial score (nSPS) is 11.6. The first-order valence-corrected chi connectivity index (χ1v) is 5.71. The lowest BCUT2D eigenvalue weighted by molar-refractivity contribution is -0.384. The summed E-state index contributed by atoms with van der Waals surface area (Å²) in [6.45, 7) is 1.92. The van der Waals surface area contributed by atoms with Gasteiger partial charge in [0.25, 0.3) is 5.69 Å². The van der Waals surface area contributed by atoms with Crippen LogP contribution in [-0.2, 0) is 0 Å². The Morgan fingerprint density at radius 3 is 2.72 bits per heavy atom. The summed E-state index contributed by atoms with van der Waals surface area (Å²) in [5, 5.41) is 19.9. The van der Waals surface area contributed by atoms with Gasteiger partial charge in [0.15, 0.2) is 0 Å². The van der Waals surface area contributed by atoms with E-state index in [9.17, 15) is 10.1 Å². The molecule has 6 heteroatoms. The third-order valence-electron chi connectivity index (χ3n) is 2.36. The SMILES string of the molecule is CCC/C(C#N)=C(/N)c1cc(Cl)cc([N+](=O)[O-])c1. The van der Waals surface area contributed by atoms with Crippen molar-refractivity contribution >= 4 is 23.0 Å². The van der Waals surface area contributed by atoms with Gasteiger partial charge >= 0.3 is 0 Å². The van der Waals surface area contributed by atoms with E-state index in [4.69, 9.17) is 22.6 Å². The molecule has 0 spiro atoms. The second-order valence-electron chi connectivity index (χ2n) is 3.71. The second-order valence-corrected chi connectivity index (χ2v) is 4.15. The summed E-state index contributed by atoms with van der Waals surface area (Å²) in [6.07, 6.45) is 1.30. The van der Waals surface area contributed by atoms with Gasteiger partial charge in [-0.1, -0.05) is 24.9 Å². The number of benzene rings is 1. The van der Waals surface area contributed by atoms with E-state index in [-0.39, 0.29) is 16.4 Å². The zero-order valence-electron chi connectivity index (χ0n) is 9.81. The van der Waals surface area contributed by atoms with Gasteiger partial charge in [-0.15, -0.1) is 0 Å². The molecule has 0 heterocycles. The van der Waals surface area contributed by atoms with Gasteiger partial charge in [0.05, 0.1) is 22.3 Å². The smallest absolute Gasteiger partial charge is 0.271 e. The standard InChI is InChI=1S/C12H12ClN3O2/c1-2-3-8(7-14)12(15)9-4-10(13)6-11(5-9)16(17)18/h4-6H,2-3,15H2,1H3/b12-8-. The van der Waals surface area contributed by atoms with Crippen LogP contribution in [0, 0.1) is 21.4 Å². The Balaban J connectivity index is 3.33. The summed E-state index contributed by atoms with van der Waals surface area (Å²) in [5.41, 5.74) is 6.76. The molecular weight excluding hydrogens is 254 g/mol. The summed E-state index contributed by atoms with van der Waals surface area (Å²) >= 11 is 5.80. The molecule has 1 rings (SSSR count). The van der Waals surface area contributed by atoms with E-state index >= 15 is 0 Å². The number of nitro benzene ring substituents is 1. The summed E-state index contributed by atoms with van der Waals surface area (Å²) < 4.78 is 0. The first-order valence-electron chi connectivity index (χ1n) is 5.33. The van der Waals surface area contributed by atoms with Crippen molar-refractivity contribution in [2.45, 2.75) is 19.8 Å². The molecule has 0 bridgehead atoms. The molecule has 0 aliphatic heterocycles. The highest BCUT2D eigenvalue weighted by Crippen LogP contribution is 2.25. The van der Waals surface area contributed by atoms with Gasteiger partial charge in [0, 0.05) is 22.7 Å². The zero-order chi connectivity index (χ0) is 13.7. The molecule has 0 saturated heterocycles. The monoisotopic (exact) mass is 265 g/mol. The number of hydrogen-bond donors (Lipinski definition) is 1. The van der Waals surface area contributed by atoms with Crippen LogP contribution in [-0.4, -0.2) is 4.92 Å². The molecule has 0 fully saturated rings. The van der Waals surface area contributed by atoms with Crippen LogP contribution < -0.4 is 5.73 Å². The molecule has 1 aromatic rings. The summed E-state index contributed by atoms with van der Waals surface area (Å²) in [6, 6.07) is 6.08. The van der Waals surface area contributed by atoms with Crippen LogP contribution in [0.15, 0.2) is 23.8 Å². The zero-order valence-corrected chi connectivity index (χ0v) is 10.6. The highest BCUT2D eigenvalue weighted by Gasteiger charge is 2.12. The van der Waals surface area contributed by atoms with Crippen molar-refractivity contribution in [3.05, 3.63) is 44.5 Å². The van der Waals surface area contributed by atoms with E-state index in [0.717, 1.165) is 6.42 Å². The highest BCUT2D eigenvalue weighted by atomic mass is 35.5. The molecule has 0 aromatic heterocycles. The van der Waals surface area contributed by atoms with Gasteiger partial charge < -0.3 is 5.73 Å². The third-order valence-corrected chi connectivity index (χ3v) is 2.58. The van der Waals surface area contributed by atoms with Crippen molar-refractivity contribution in [3.8, 4) is 6.07 Å². The summed E-state index contributed by atoms with van der Waals surface area (Å²) in [4.78, 5) is 10.2. The quantitative estimate of drug-likeness (QED) is 0.514. The van der Waals surface area contributed by atoms with Crippen molar-refractivity contribution in [3.63, 3.8) is 0 Å². The maximum absolute atomic E-state index is 10.7. The lowest BCUT2D eigenvalue weighted by Crippen LogP contribution is -2.02. The Kier molecular flexibility index (Phi) is 4.69. The minimum atomic E-state index is -0.547. The Morgan fingerprint density at radius 1 is 1.56 bits per heavy atom. The minimum Gasteiger partial charge on any atom is -0.397 e. The minimum absolute atomic E-state index is 0.144. The molecule has 0 aliphatic rings. The van der Waals surface area contributed by atoms with E-state index in [1.807, 2.05) is 13.0 Å². The van der Waals surface area contributed by atoms with Crippen LogP contribution in [0.3, 0.4) is 0 Å². The fraction of sp³-hybridized carbons (Fsp3) is 0.250. The van der Waals surface area contributed by atoms with E-state index in [2.05, 4.69) is 0 Å². The number of hydrogen-bond acceptors (Lipinski definition) is 4. The average Bonchev–Trinajstić information content (AvgIpc) is 2.34. The number of nitro groups is 1. The van der Waals surface area contributed by atoms with Crippen molar-refractivity contribution in [1.82, 2.24) is 0 Å². The van der Waals surface area contributed by atoms with Crippen LogP contribution in [0.25, 0.3) is 5.70 Å². The predicted octanol–water partition coefficient (Wildman–Crippen LogP) is 3.24. The highest BCUT2D eigenvalue weighted by molar-refractivity contribution is 6.31. The van der Waals surface area contributed by atoms with Gasteiger partial charge in [0.1, 0.15) is 0 Å². The molecule has 94 valence electrons. The first-order chi connectivity index (χ1) is 8.49. The number of nitriles is 1. The second kappa shape index (κ2) is 6.03. The Hall–Kier alpha value is -2.06. The van der Waals surface area contributed by atoms with Crippen LogP contribution in [0.5, 0.6) is 0 Å². The van der Waals surface area contributed by atoms with Crippen LogP contribution >= 0.6 is 11.6 Å². The van der Waals surface area contributed by atoms with E-state index in [1.54, 1.807) is 0 Å². The van der Waals surface area contributed by atoms with Gasteiger partial charge in [-0.05, 0) is 12.5 Å². The maximum atomic E-state index is 10.7. The molecule has 0 saturated carbocycles. The van der Waals surface area contributed by atoms with Crippen molar-refractivity contribution in [2.75, 3.05) is 0 Å². The third kappa shape index (κ3) is 3.22. The van der Waals surface area contributed by atoms with Gasteiger partial charge in [-0.3, -0.25) is 10.1 Å². The van der Waals surface area contributed by atoms with Gasteiger partial charge in [0.2, 0.25) is 0 Å². The largest absolute Gasteiger partial charge is 0.397 e. The molecule has 5 nitrogen and oxygen atoms in total. The first kappa shape index (κ1) is 14.0. The van der Waals surface area contributed by atoms with E-state index < -0.39 is 4.92 Å². The lowest BCUT2D eigenvalue weighted by atomic mass is 10.0. The molecule has 0 amide bonds. The van der Waals surface area contributed by atoms with Gasteiger partial charge in [-0.25, -0.2) is 0 Å². The van der Waals surface area contributed by atoms with Crippen LogP contribution in [0.2, 0.25) is 5.02 Å². The number of non-ortho nitro benzene ring substituents is 1. The predicted molar refractivity (Wildman–Crippen MR) is 69.7 cm³/mol. The fourth-order valence-corrected chi connectivity index (χ4v) is 1.74. The molecule has 1 aromatic carbocycles. The topological polar surface area (TPSA) is 93.0 Å². The number of rotatable bonds is 4. The molecule has 0 unspecified atom stereocenters. The Labute approximate surface area is 110 Å². The Bertz CT molecular complexity index is 547. The lowest BCUT2D eigenvalue weighted by Gasteiger charge is -2.06. The Morgan fingerprint density at radius 2 is 2.22 bits per heavy atom. The molecule has 0 radical (unpaired) electrons. The van der Waals surface area contributed by atoms with Crippen LogP contribution in [0.1, 0.15) is 25.3 Å². The molecule has 2 N–H and O–H groups in total. The maximum Gasteiger partial charge on any atom is 0.271 e. The molecule has 0 aliphatic carbocycles. The molecular formula is C12H12ClN3O2. The number of nitrogens with two attached hydrogens (primary N) is 1. The van der Waals surface area contributed by atoms with Crippen molar-refractivity contribution < 1.29 is 4.92 Å². The molecule has 18 heavy (non-hydrogen) atoms. The van der Waals surface area contributed by atoms with Crippen molar-refractivity contribution in [2.24, 2.45) is 5.73 Å². The summed E-state index contributed by atoms with van der Waals surface area (Å²) in [5.74, 6) is 0. The fourth-order valence-electron chi connectivity index (χ4n) is 1.51. The number of halogens is 1. The van der Waals surface area contributed by atoms with Gasteiger partial charge in [-0.2, -0.15) is 5.26 Å². The van der Waals surface area contributed by atoms with Crippen LogP contribution in [0.4, 0.5) is 5.69 Å². The number of allylic oxidation sites excluding steroid dienone is 1.